The normalized spacial score (nSPS) is 11.4. The molecule has 4 rings (SSSR count). The van der Waals surface area contributed by atoms with Crippen LogP contribution in [0.1, 0.15) is 0 Å². The smallest absolute Gasteiger partial charge is 0.344 e. The van der Waals surface area contributed by atoms with Gasteiger partial charge in [-0.15, -0.1) is 0 Å². The number of phenolic OH excluding ortho intramolecular Hbond substituents is 1. The Morgan fingerprint density at radius 2 is 1.37 bits per heavy atom. The summed E-state index contributed by atoms with van der Waals surface area (Å²) in [5.41, 5.74) is 2.53. The minimum atomic E-state index is -3.34. The minimum Gasteiger partial charge on any atom is -0.508 e. The Morgan fingerprint density at radius 1 is 0.767 bits per heavy atom. The third-order valence-electron chi connectivity index (χ3n) is 4.76. The summed E-state index contributed by atoms with van der Waals surface area (Å²) in [5.74, 6) is 0.488. The van der Waals surface area contributed by atoms with Crippen LogP contribution >= 0.6 is 0 Å². The van der Waals surface area contributed by atoms with E-state index in [1.807, 2.05) is 30.3 Å². The van der Waals surface area contributed by atoms with Gasteiger partial charge in [0.25, 0.3) is 0 Å². The molecule has 0 aliphatic rings. The van der Waals surface area contributed by atoms with Crippen molar-refractivity contribution < 1.29 is 17.9 Å². The average molecular weight is 418 g/mol. The molecule has 4 aromatic rings. The fourth-order valence-electron chi connectivity index (χ4n) is 3.25. The predicted molar refractivity (Wildman–Crippen MR) is 116 cm³/mol. The van der Waals surface area contributed by atoms with Crippen molar-refractivity contribution in [2.45, 2.75) is 4.90 Å². The number of sulfone groups is 1. The monoisotopic (exact) mass is 418 g/mol. The van der Waals surface area contributed by atoms with Gasteiger partial charge >= 0.3 is 5.63 Å². The van der Waals surface area contributed by atoms with Crippen molar-refractivity contribution in [3.8, 4) is 39.3 Å². The van der Waals surface area contributed by atoms with Crippen LogP contribution in [0.15, 0.2) is 99.0 Å². The molecule has 150 valence electrons. The molecule has 6 heteroatoms. The highest BCUT2D eigenvalue weighted by molar-refractivity contribution is 7.90. The summed E-state index contributed by atoms with van der Waals surface area (Å²) in [6, 6.07) is 23.8. The zero-order valence-corrected chi connectivity index (χ0v) is 16.9. The molecule has 0 bridgehead atoms. The van der Waals surface area contributed by atoms with Gasteiger partial charge in [-0.05, 0) is 53.6 Å². The maximum Gasteiger partial charge on any atom is 0.344 e. The highest BCUT2D eigenvalue weighted by Gasteiger charge is 2.17. The Labute approximate surface area is 173 Å². The minimum absolute atomic E-state index is 0.118. The topological polar surface area (TPSA) is 84.6 Å². The summed E-state index contributed by atoms with van der Waals surface area (Å²) < 4.78 is 29.1. The van der Waals surface area contributed by atoms with Crippen molar-refractivity contribution >= 4 is 9.84 Å². The summed E-state index contributed by atoms with van der Waals surface area (Å²) in [7, 11) is -3.34. The van der Waals surface area contributed by atoms with E-state index >= 15 is 0 Å². The second kappa shape index (κ2) is 7.65. The highest BCUT2D eigenvalue weighted by atomic mass is 32.2. The number of phenols is 1. The molecular weight excluding hydrogens is 400 g/mol. The quantitative estimate of drug-likeness (QED) is 0.517. The van der Waals surface area contributed by atoms with Crippen LogP contribution in [0.5, 0.6) is 5.75 Å². The molecule has 0 spiro atoms. The number of aromatic hydroxyl groups is 1. The second-order valence-electron chi connectivity index (χ2n) is 6.90. The Bertz CT molecular complexity index is 1350. The lowest BCUT2D eigenvalue weighted by Crippen LogP contribution is -2.06. The van der Waals surface area contributed by atoms with Crippen LogP contribution in [0.25, 0.3) is 33.6 Å². The standard InChI is InChI=1S/C24H18O5S/c1-30(27,28)20-13-9-18(10-14-20)23-21(16-5-3-2-4-6-16)15-22(29-24(23)26)17-7-11-19(25)12-8-17/h2-15,25H,1H3. The van der Waals surface area contributed by atoms with E-state index in [2.05, 4.69) is 0 Å². The third-order valence-corrected chi connectivity index (χ3v) is 5.89. The van der Waals surface area contributed by atoms with E-state index < -0.39 is 15.5 Å². The van der Waals surface area contributed by atoms with E-state index in [9.17, 15) is 18.3 Å². The van der Waals surface area contributed by atoms with Gasteiger partial charge in [0.05, 0.1) is 10.5 Å². The van der Waals surface area contributed by atoms with Gasteiger partial charge in [0.2, 0.25) is 0 Å². The Hall–Kier alpha value is -3.64. The molecule has 0 unspecified atom stereocenters. The molecule has 0 aliphatic carbocycles. The lowest BCUT2D eigenvalue weighted by Gasteiger charge is -2.12. The maximum atomic E-state index is 13.0. The molecule has 0 amide bonds. The number of hydrogen-bond donors (Lipinski definition) is 1. The molecule has 5 nitrogen and oxygen atoms in total. The zero-order chi connectivity index (χ0) is 21.3. The molecule has 0 aliphatic heterocycles. The largest absolute Gasteiger partial charge is 0.508 e. The van der Waals surface area contributed by atoms with E-state index in [0.717, 1.165) is 11.8 Å². The third kappa shape index (κ3) is 3.90. The molecule has 0 saturated carbocycles. The molecule has 1 aromatic heterocycles. The van der Waals surface area contributed by atoms with E-state index in [1.165, 1.54) is 24.3 Å². The average Bonchev–Trinajstić information content (AvgIpc) is 2.74. The lowest BCUT2D eigenvalue weighted by molar-refractivity contribution is 0.475. The van der Waals surface area contributed by atoms with E-state index in [0.29, 0.717) is 28.0 Å². The van der Waals surface area contributed by atoms with Gasteiger partial charge in [0.15, 0.2) is 9.84 Å². The summed E-state index contributed by atoms with van der Waals surface area (Å²) in [6.45, 7) is 0. The number of hydrogen-bond acceptors (Lipinski definition) is 5. The van der Waals surface area contributed by atoms with Gasteiger partial charge in [0.1, 0.15) is 11.5 Å². The van der Waals surface area contributed by atoms with Gasteiger partial charge in [-0.25, -0.2) is 13.2 Å². The van der Waals surface area contributed by atoms with Crippen LogP contribution in [-0.2, 0) is 9.84 Å². The second-order valence-corrected chi connectivity index (χ2v) is 8.91. The lowest BCUT2D eigenvalue weighted by atomic mass is 9.95. The van der Waals surface area contributed by atoms with E-state index in [1.54, 1.807) is 30.3 Å². The first kappa shape index (κ1) is 19.7. The number of benzene rings is 3. The van der Waals surface area contributed by atoms with Crippen LogP contribution in [-0.4, -0.2) is 19.8 Å². The van der Waals surface area contributed by atoms with Crippen molar-refractivity contribution in [3.05, 3.63) is 95.3 Å². The molecule has 3 aromatic carbocycles. The van der Waals surface area contributed by atoms with Gasteiger partial charge in [-0.2, -0.15) is 0 Å². The first-order valence-electron chi connectivity index (χ1n) is 9.16. The van der Waals surface area contributed by atoms with Crippen molar-refractivity contribution in [1.29, 1.82) is 0 Å². The van der Waals surface area contributed by atoms with Gasteiger partial charge < -0.3 is 9.52 Å². The fourth-order valence-corrected chi connectivity index (χ4v) is 3.88. The van der Waals surface area contributed by atoms with Crippen molar-refractivity contribution in [2.24, 2.45) is 0 Å². The molecule has 30 heavy (non-hydrogen) atoms. The first-order chi connectivity index (χ1) is 14.3. The fraction of sp³-hybridized carbons (Fsp3) is 0.0417. The SMILES string of the molecule is CS(=O)(=O)c1ccc(-c2c(-c3ccccc3)cc(-c3ccc(O)cc3)oc2=O)cc1. The van der Waals surface area contributed by atoms with Gasteiger partial charge in [-0.3, -0.25) is 0 Å². The predicted octanol–water partition coefficient (Wildman–Crippen LogP) is 4.75. The molecule has 1 heterocycles. The number of rotatable bonds is 4. The molecule has 0 fully saturated rings. The van der Waals surface area contributed by atoms with Crippen LogP contribution in [0.4, 0.5) is 0 Å². The van der Waals surface area contributed by atoms with Gasteiger partial charge in [0, 0.05) is 17.4 Å². The Balaban J connectivity index is 1.94. The van der Waals surface area contributed by atoms with E-state index in [-0.39, 0.29) is 10.6 Å². The van der Waals surface area contributed by atoms with Gasteiger partial charge in [-0.1, -0.05) is 42.5 Å². The van der Waals surface area contributed by atoms with Crippen molar-refractivity contribution in [3.63, 3.8) is 0 Å². The Kier molecular flexibility index (Phi) is 5.01. The zero-order valence-electron chi connectivity index (χ0n) is 16.1. The van der Waals surface area contributed by atoms with Crippen LogP contribution in [0.2, 0.25) is 0 Å². The van der Waals surface area contributed by atoms with Crippen molar-refractivity contribution in [2.75, 3.05) is 6.26 Å². The van der Waals surface area contributed by atoms with Crippen LogP contribution in [0, 0.1) is 0 Å². The summed E-state index contributed by atoms with van der Waals surface area (Å²) in [6.07, 6.45) is 1.14. The molecule has 0 saturated heterocycles. The van der Waals surface area contributed by atoms with Crippen LogP contribution < -0.4 is 5.63 Å². The van der Waals surface area contributed by atoms with Crippen molar-refractivity contribution in [1.82, 2.24) is 0 Å². The first-order valence-corrected chi connectivity index (χ1v) is 11.1. The molecule has 1 N–H and O–H groups in total. The van der Waals surface area contributed by atoms with Crippen LogP contribution in [0.3, 0.4) is 0 Å². The molecular formula is C24H18O5S. The summed E-state index contributed by atoms with van der Waals surface area (Å²) in [5, 5.41) is 9.53. The summed E-state index contributed by atoms with van der Waals surface area (Å²) >= 11 is 0. The summed E-state index contributed by atoms with van der Waals surface area (Å²) in [4.78, 5) is 13.2. The Morgan fingerprint density at radius 3 is 1.97 bits per heavy atom. The molecule has 0 radical (unpaired) electrons. The maximum absolute atomic E-state index is 13.0. The highest BCUT2D eigenvalue weighted by Crippen LogP contribution is 2.33. The van der Waals surface area contributed by atoms with E-state index in [4.69, 9.17) is 4.42 Å². The molecule has 0 atom stereocenters.